The first-order valence-corrected chi connectivity index (χ1v) is 5.62. The molecule has 0 radical (unpaired) electrons. The van der Waals surface area contributed by atoms with Gasteiger partial charge in [-0.2, -0.15) is 5.26 Å². The SMILES string of the molecule is N#Cc1ccc(Oc2ccc(C(=O)O)s2)c(F)c1. The maximum atomic E-state index is 13.5. The van der Waals surface area contributed by atoms with Gasteiger partial charge < -0.3 is 9.84 Å². The number of hydrogen-bond donors (Lipinski definition) is 1. The van der Waals surface area contributed by atoms with Crippen LogP contribution < -0.4 is 4.74 Å². The Kier molecular flexibility index (Phi) is 3.26. The lowest BCUT2D eigenvalue weighted by molar-refractivity contribution is 0.0702. The zero-order chi connectivity index (χ0) is 13.1. The summed E-state index contributed by atoms with van der Waals surface area (Å²) in [4.78, 5) is 10.8. The quantitative estimate of drug-likeness (QED) is 0.922. The molecule has 0 saturated heterocycles. The van der Waals surface area contributed by atoms with Gasteiger partial charge in [0, 0.05) is 0 Å². The lowest BCUT2D eigenvalue weighted by Crippen LogP contribution is -1.89. The zero-order valence-electron chi connectivity index (χ0n) is 8.88. The van der Waals surface area contributed by atoms with E-state index in [1.165, 1.54) is 24.3 Å². The Morgan fingerprint density at radius 1 is 1.39 bits per heavy atom. The number of carbonyl (C=O) groups is 1. The number of rotatable bonds is 3. The predicted molar refractivity (Wildman–Crippen MR) is 62.5 cm³/mol. The second-order valence-electron chi connectivity index (χ2n) is 3.28. The van der Waals surface area contributed by atoms with Gasteiger partial charge in [-0.3, -0.25) is 0 Å². The third-order valence-corrected chi connectivity index (χ3v) is 3.01. The minimum atomic E-state index is -1.06. The van der Waals surface area contributed by atoms with E-state index < -0.39 is 11.8 Å². The van der Waals surface area contributed by atoms with E-state index >= 15 is 0 Å². The molecule has 6 heteroatoms. The van der Waals surface area contributed by atoms with Crippen molar-refractivity contribution >= 4 is 17.3 Å². The number of nitrogens with zero attached hydrogens (tertiary/aromatic N) is 1. The summed E-state index contributed by atoms with van der Waals surface area (Å²) in [5.41, 5.74) is 0.192. The van der Waals surface area contributed by atoms with Gasteiger partial charge >= 0.3 is 5.97 Å². The molecule has 0 fully saturated rings. The molecule has 0 aliphatic carbocycles. The van der Waals surface area contributed by atoms with Crippen LogP contribution in [-0.2, 0) is 0 Å². The van der Waals surface area contributed by atoms with Crippen LogP contribution >= 0.6 is 11.3 Å². The molecule has 0 saturated carbocycles. The molecule has 18 heavy (non-hydrogen) atoms. The van der Waals surface area contributed by atoms with Crippen LogP contribution in [0.5, 0.6) is 10.8 Å². The van der Waals surface area contributed by atoms with E-state index in [-0.39, 0.29) is 21.3 Å². The van der Waals surface area contributed by atoms with Crippen molar-refractivity contribution in [2.24, 2.45) is 0 Å². The Hall–Kier alpha value is -2.39. The number of ether oxygens (including phenoxy) is 1. The van der Waals surface area contributed by atoms with E-state index in [9.17, 15) is 9.18 Å². The average Bonchev–Trinajstić information content (AvgIpc) is 2.80. The first-order valence-electron chi connectivity index (χ1n) is 4.81. The molecule has 90 valence electrons. The molecule has 1 aromatic heterocycles. The predicted octanol–water partition coefficient (Wildman–Crippen LogP) is 3.25. The van der Waals surface area contributed by atoms with Gasteiger partial charge in [0.05, 0.1) is 11.6 Å². The summed E-state index contributed by atoms with van der Waals surface area (Å²) in [5, 5.41) is 17.6. The summed E-state index contributed by atoms with van der Waals surface area (Å²) in [6.45, 7) is 0. The van der Waals surface area contributed by atoms with Crippen LogP contribution in [0, 0.1) is 17.1 Å². The number of hydrogen-bond acceptors (Lipinski definition) is 4. The number of nitriles is 1. The Labute approximate surface area is 105 Å². The molecule has 2 rings (SSSR count). The van der Waals surface area contributed by atoms with Gasteiger partial charge in [-0.05, 0) is 30.3 Å². The first-order chi connectivity index (χ1) is 8.60. The van der Waals surface area contributed by atoms with Crippen molar-refractivity contribution < 1.29 is 19.0 Å². The number of carboxylic acid groups (broad SMARTS) is 1. The molecule has 0 atom stereocenters. The minimum Gasteiger partial charge on any atom is -0.477 e. The van der Waals surface area contributed by atoms with Crippen molar-refractivity contribution in [1.82, 2.24) is 0 Å². The topological polar surface area (TPSA) is 70.3 Å². The highest BCUT2D eigenvalue weighted by Crippen LogP contribution is 2.31. The normalized spacial score (nSPS) is 9.78. The monoisotopic (exact) mass is 263 g/mol. The second kappa shape index (κ2) is 4.85. The summed E-state index contributed by atoms with van der Waals surface area (Å²) in [7, 11) is 0. The molecule has 2 aromatic rings. The molecule has 1 N–H and O–H groups in total. The molecule has 1 aromatic carbocycles. The van der Waals surface area contributed by atoms with Crippen molar-refractivity contribution in [3.05, 3.63) is 46.6 Å². The Morgan fingerprint density at radius 2 is 2.17 bits per heavy atom. The van der Waals surface area contributed by atoms with E-state index in [4.69, 9.17) is 15.1 Å². The number of halogens is 1. The van der Waals surface area contributed by atoms with Crippen molar-refractivity contribution in [1.29, 1.82) is 5.26 Å². The summed E-state index contributed by atoms with van der Waals surface area (Å²) in [6, 6.07) is 8.44. The minimum absolute atomic E-state index is 0.0483. The molecular weight excluding hydrogens is 257 g/mol. The van der Waals surface area contributed by atoms with Crippen molar-refractivity contribution in [3.8, 4) is 16.9 Å². The van der Waals surface area contributed by atoms with E-state index in [2.05, 4.69) is 0 Å². The van der Waals surface area contributed by atoms with Crippen LogP contribution in [0.4, 0.5) is 4.39 Å². The van der Waals surface area contributed by atoms with Crippen LogP contribution in [0.1, 0.15) is 15.2 Å². The van der Waals surface area contributed by atoms with E-state index in [1.54, 1.807) is 0 Å². The lowest BCUT2D eigenvalue weighted by Gasteiger charge is -2.03. The van der Waals surface area contributed by atoms with Crippen molar-refractivity contribution in [2.75, 3.05) is 0 Å². The molecule has 0 aliphatic rings. The molecule has 4 nitrogen and oxygen atoms in total. The van der Waals surface area contributed by atoms with Gasteiger partial charge in [-0.15, -0.1) is 0 Å². The molecule has 0 bridgehead atoms. The van der Waals surface area contributed by atoms with Crippen LogP contribution in [0.15, 0.2) is 30.3 Å². The third-order valence-electron chi connectivity index (χ3n) is 2.06. The maximum absolute atomic E-state index is 13.5. The van der Waals surface area contributed by atoms with Gasteiger partial charge in [0.1, 0.15) is 4.88 Å². The highest BCUT2D eigenvalue weighted by Gasteiger charge is 2.11. The Bertz CT molecular complexity index is 645. The molecule has 0 spiro atoms. The van der Waals surface area contributed by atoms with Crippen LogP contribution in [-0.4, -0.2) is 11.1 Å². The standard InChI is InChI=1S/C12H6FNO3S/c13-8-5-7(6-14)1-2-9(8)17-11-4-3-10(18-11)12(15)16/h1-5H,(H,15,16). The fourth-order valence-corrected chi connectivity index (χ4v) is 1.96. The van der Waals surface area contributed by atoms with Gasteiger partial charge in [0.2, 0.25) is 0 Å². The first kappa shape index (κ1) is 12.1. The lowest BCUT2D eigenvalue weighted by atomic mass is 10.2. The Balaban J connectivity index is 2.23. The molecule has 1 heterocycles. The largest absolute Gasteiger partial charge is 0.477 e. The van der Waals surface area contributed by atoms with Crippen molar-refractivity contribution in [2.45, 2.75) is 0 Å². The summed E-state index contributed by atoms with van der Waals surface area (Å²) >= 11 is 0.901. The van der Waals surface area contributed by atoms with Gasteiger partial charge in [0.15, 0.2) is 16.6 Å². The molecule has 0 unspecified atom stereocenters. The molecule has 0 amide bonds. The van der Waals surface area contributed by atoms with E-state index in [1.807, 2.05) is 6.07 Å². The molecular formula is C12H6FNO3S. The van der Waals surface area contributed by atoms with Gasteiger partial charge in [0.25, 0.3) is 0 Å². The highest BCUT2D eigenvalue weighted by molar-refractivity contribution is 7.15. The highest BCUT2D eigenvalue weighted by atomic mass is 32.1. The number of aromatic carboxylic acids is 1. The smallest absolute Gasteiger partial charge is 0.345 e. The average molecular weight is 263 g/mol. The summed E-state index contributed by atoms with van der Waals surface area (Å²) in [6.07, 6.45) is 0. The second-order valence-corrected chi connectivity index (χ2v) is 4.33. The Morgan fingerprint density at radius 3 is 2.72 bits per heavy atom. The van der Waals surface area contributed by atoms with Crippen LogP contribution in [0.25, 0.3) is 0 Å². The van der Waals surface area contributed by atoms with Gasteiger partial charge in [-0.25, -0.2) is 9.18 Å². The fourth-order valence-electron chi connectivity index (χ4n) is 1.25. The summed E-state index contributed by atoms with van der Waals surface area (Å²) in [5.74, 6) is -1.78. The fraction of sp³-hybridized carbons (Fsp3) is 0. The number of carboxylic acids is 1. The van der Waals surface area contributed by atoms with Crippen molar-refractivity contribution in [3.63, 3.8) is 0 Å². The van der Waals surface area contributed by atoms with E-state index in [0.29, 0.717) is 0 Å². The van der Waals surface area contributed by atoms with Gasteiger partial charge in [-0.1, -0.05) is 11.3 Å². The maximum Gasteiger partial charge on any atom is 0.345 e. The summed E-state index contributed by atoms with van der Waals surface area (Å²) < 4.78 is 18.7. The number of benzene rings is 1. The van der Waals surface area contributed by atoms with Crippen LogP contribution in [0.2, 0.25) is 0 Å². The van der Waals surface area contributed by atoms with Crippen LogP contribution in [0.3, 0.4) is 0 Å². The van der Waals surface area contributed by atoms with E-state index in [0.717, 1.165) is 17.4 Å². The third kappa shape index (κ3) is 2.47. The zero-order valence-corrected chi connectivity index (χ0v) is 9.70. The molecule has 0 aliphatic heterocycles. The number of thiophene rings is 1.